The number of alkyl halides is 3. The normalized spacial score (nSPS) is 16.6. The molecule has 0 spiro atoms. The van der Waals surface area contributed by atoms with Gasteiger partial charge in [-0.2, -0.15) is 13.2 Å². The molecule has 0 radical (unpaired) electrons. The zero-order chi connectivity index (χ0) is 21.3. The largest absolute Gasteiger partial charge is 0.416 e. The summed E-state index contributed by atoms with van der Waals surface area (Å²) in [5, 5.41) is 1.99. The Morgan fingerprint density at radius 1 is 1.00 bits per heavy atom. The zero-order valence-corrected chi connectivity index (χ0v) is 15.6. The molecular weight excluding hydrogens is 385 g/mol. The highest BCUT2D eigenvalue weighted by atomic mass is 19.4. The van der Waals surface area contributed by atoms with E-state index in [0.29, 0.717) is 22.4 Å². The number of nitrogens with one attached hydrogen (secondary N) is 1. The smallest absolute Gasteiger partial charge is 0.273 e. The van der Waals surface area contributed by atoms with Crippen molar-refractivity contribution in [1.82, 2.24) is 5.32 Å². The second-order valence-corrected chi connectivity index (χ2v) is 6.83. The minimum atomic E-state index is -4.64. The van der Waals surface area contributed by atoms with Gasteiger partial charge in [-0.3, -0.25) is 14.9 Å². The Kier molecular flexibility index (Phi) is 5.28. The average Bonchev–Trinajstić information content (AvgIpc) is 2.65. The van der Waals surface area contributed by atoms with Crippen LogP contribution >= 0.6 is 0 Å². The molecule has 5 nitrogen and oxygen atoms in total. The lowest BCUT2D eigenvalue weighted by atomic mass is 10.0. The second-order valence-electron chi connectivity index (χ2n) is 6.83. The van der Waals surface area contributed by atoms with E-state index in [2.05, 4.69) is 0 Å². The molecule has 2 aromatic rings. The number of carbonyl (C=O) groups is 3. The maximum Gasteiger partial charge on any atom is 0.416 e. The van der Waals surface area contributed by atoms with E-state index in [4.69, 9.17) is 0 Å². The first-order chi connectivity index (χ1) is 13.6. The van der Waals surface area contributed by atoms with Crippen LogP contribution in [0.15, 0.2) is 54.1 Å². The number of hydrogen-bond donors (Lipinski definition) is 1. The van der Waals surface area contributed by atoms with Crippen LogP contribution in [0.4, 0.5) is 23.7 Å². The highest BCUT2D eigenvalue weighted by Gasteiger charge is 2.38. The van der Waals surface area contributed by atoms with Gasteiger partial charge in [-0.05, 0) is 41.3 Å². The van der Waals surface area contributed by atoms with Gasteiger partial charge >= 0.3 is 12.2 Å². The SMILES string of the molecule is CC(C)c1ccc(/C=C2/C(=O)NC(=O)N(c3cccc(C(F)(F)F)c3)C2=O)cc1. The van der Waals surface area contributed by atoms with Crippen molar-refractivity contribution in [3.8, 4) is 0 Å². The molecule has 8 heteroatoms. The van der Waals surface area contributed by atoms with Crippen molar-refractivity contribution in [3.63, 3.8) is 0 Å². The Bertz CT molecular complexity index is 1010. The Hall–Kier alpha value is -3.42. The van der Waals surface area contributed by atoms with Gasteiger partial charge in [-0.25, -0.2) is 9.69 Å². The van der Waals surface area contributed by atoms with Crippen LogP contribution in [0.1, 0.15) is 36.5 Å². The summed E-state index contributed by atoms with van der Waals surface area (Å²) in [5.74, 6) is -1.60. The maximum absolute atomic E-state index is 13.0. The molecule has 2 aromatic carbocycles. The van der Waals surface area contributed by atoms with Crippen LogP contribution in [0.25, 0.3) is 6.08 Å². The number of nitrogens with zero attached hydrogens (tertiary/aromatic N) is 1. The van der Waals surface area contributed by atoms with Gasteiger partial charge < -0.3 is 0 Å². The summed E-state index contributed by atoms with van der Waals surface area (Å²) in [7, 11) is 0. The Labute approximate surface area is 164 Å². The summed E-state index contributed by atoms with van der Waals surface area (Å²) in [6.45, 7) is 4.04. The number of halogens is 3. The minimum Gasteiger partial charge on any atom is -0.273 e. The zero-order valence-electron chi connectivity index (χ0n) is 15.6. The molecule has 0 bridgehead atoms. The molecule has 0 aromatic heterocycles. The quantitative estimate of drug-likeness (QED) is 0.608. The highest BCUT2D eigenvalue weighted by molar-refractivity contribution is 6.39. The van der Waals surface area contributed by atoms with Crippen molar-refractivity contribution >= 4 is 29.6 Å². The van der Waals surface area contributed by atoms with E-state index >= 15 is 0 Å². The van der Waals surface area contributed by atoms with Gasteiger partial charge in [0.1, 0.15) is 5.57 Å². The number of urea groups is 1. The number of amides is 4. The number of imide groups is 2. The molecule has 4 amide bonds. The second kappa shape index (κ2) is 7.54. The van der Waals surface area contributed by atoms with Crippen molar-refractivity contribution in [2.24, 2.45) is 0 Å². The minimum absolute atomic E-state index is 0.282. The number of rotatable bonds is 3. The molecule has 1 fully saturated rings. The molecule has 29 heavy (non-hydrogen) atoms. The van der Waals surface area contributed by atoms with Crippen LogP contribution in [0, 0.1) is 0 Å². The predicted molar refractivity (Wildman–Crippen MR) is 101 cm³/mol. The molecule has 0 aliphatic carbocycles. The Morgan fingerprint density at radius 2 is 1.66 bits per heavy atom. The molecule has 1 aliphatic heterocycles. The topological polar surface area (TPSA) is 66.5 Å². The van der Waals surface area contributed by atoms with Crippen LogP contribution in [0.5, 0.6) is 0 Å². The molecule has 0 unspecified atom stereocenters. The summed E-state index contributed by atoms with van der Waals surface area (Å²) < 4.78 is 38.9. The van der Waals surface area contributed by atoms with E-state index in [1.165, 1.54) is 12.1 Å². The first-order valence-electron chi connectivity index (χ1n) is 8.76. The number of hydrogen-bond acceptors (Lipinski definition) is 3. The molecule has 1 N–H and O–H groups in total. The van der Waals surface area contributed by atoms with Gasteiger partial charge in [-0.15, -0.1) is 0 Å². The van der Waals surface area contributed by atoms with Gasteiger partial charge in [0.05, 0.1) is 11.3 Å². The molecular formula is C21H17F3N2O3. The van der Waals surface area contributed by atoms with Gasteiger partial charge in [0, 0.05) is 0 Å². The molecule has 1 heterocycles. The lowest BCUT2D eigenvalue weighted by Gasteiger charge is -2.26. The van der Waals surface area contributed by atoms with Crippen molar-refractivity contribution in [2.45, 2.75) is 25.9 Å². The summed E-state index contributed by atoms with van der Waals surface area (Å²) in [4.78, 5) is 37.6. The fourth-order valence-electron chi connectivity index (χ4n) is 2.86. The lowest BCUT2D eigenvalue weighted by molar-refractivity contribution is -0.137. The first-order valence-corrected chi connectivity index (χ1v) is 8.76. The summed E-state index contributed by atoms with van der Waals surface area (Å²) in [6.07, 6.45) is -3.34. The van der Waals surface area contributed by atoms with Crippen LogP contribution in [-0.2, 0) is 15.8 Å². The standard InChI is InChI=1S/C21H17F3N2O3/c1-12(2)14-8-6-13(7-9-14)10-17-18(27)25-20(29)26(19(17)28)16-5-3-4-15(11-16)21(22,23)24/h3-12H,1-2H3,(H,25,27,29)/b17-10-. The summed E-state index contributed by atoms with van der Waals surface area (Å²) in [5.41, 5.74) is -0.0314. The van der Waals surface area contributed by atoms with E-state index < -0.39 is 29.6 Å². The fraction of sp³-hybridized carbons (Fsp3) is 0.190. The third-order valence-electron chi connectivity index (χ3n) is 4.45. The lowest BCUT2D eigenvalue weighted by Crippen LogP contribution is -2.54. The van der Waals surface area contributed by atoms with Gasteiger partial charge in [0.2, 0.25) is 0 Å². The van der Waals surface area contributed by atoms with Crippen LogP contribution in [0.3, 0.4) is 0 Å². The van der Waals surface area contributed by atoms with E-state index in [1.807, 2.05) is 31.3 Å². The van der Waals surface area contributed by atoms with Crippen LogP contribution in [0.2, 0.25) is 0 Å². The van der Waals surface area contributed by atoms with Crippen molar-refractivity contribution in [3.05, 3.63) is 70.8 Å². The van der Waals surface area contributed by atoms with Crippen molar-refractivity contribution in [2.75, 3.05) is 4.90 Å². The number of anilines is 1. The predicted octanol–water partition coefficient (Wildman–Crippen LogP) is 4.50. The summed E-state index contributed by atoms with van der Waals surface area (Å²) >= 11 is 0. The highest BCUT2D eigenvalue weighted by Crippen LogP contribution is 2.32. The molecule has 150 valence electrons. The van der Waals surface area contributed by atoms with E-state index in [-0.39, 0.29) is 11.3 Å². The molecule has 1 saturated heterocycles. The fourth-order valence-corrected chi connectivity index (χ4v) is 2.86. The maximum atomic E-state index is 13.0. The van der Waals surface area contributed by atoms with Crippen LogP contribution < -0.4 is 10.2 Å². The number of barbiturate groups is 1. The van der Waals surface area contributed by atoms with Crippen LogP contribution in [-0.4, -0.2) is 17.8 Å². The molecule has 0 atom stereocenters. The van der Waals surface area contributed by atoms with E-state index in [1.54, 1.807) is 12.1 Å². The third kappa shape index (κ3) is 4.21. The molecule has 3 rings (SSSR count). The summed E-state index contributed by atoms with van der Waals surface area (Å²) in [6, 6.07) is 9.81. The Balaban J connectivity index is 1.98. The number of carbonyl (C=O) groups excluding carboxylic acids is 3. The third-order valence-corrected chi connectivity index (χ3v) is 4.45. The Morgan fingerprint density at radius 3 is 2.24 bits per heavy atom. The monoisotopic (exact) mass is 402 g/mol. The van der Waals surface area contributed by atoms with Gasteiger partial charge in [-0.1, -0.05) is 44.2 Å². The van der Waals surface area contributed by atoms with Crippen molar-refractivity contribution in [1.29, 1.82) is 0 Å². The van der Waals surface area contributed by atoms with E-state index in [9.17, 15) is 27.6 Å². The molecule has 1 aliphatic rings. The van der Waals surface area contributed by atoms with E-state index in [0.717, 1.165) is 17.7 Å². The first kappa shape index (κ1) is 20.3. The number of benzene rings is 2. The van der Waals surface area contributed by atoms with Gasteiger partial charge in [0.15, 0.2) is 0 Å². The van der Waals surface area contributed by atoms with Gasteiger partial charge in [0.25, 0.3) is 11.8 Å². The average molecular weight is 402 g/mol. The van der Waals surface area contributed by atoms with Crippen molar-refractivity contribution < 1.29 is 27.6 Å². The molecule has 0 saturated carbocycles.